The molecule has 6 rings (SSSR count). The summed E-state index contributed by atoms with van der Waals surface area (Å²) in [7, 11) is 0. The minimum atomic E-state index is -0.193. The van der Waals surface area contributed by atoms with Gasteiger partial charge in [0.25, 0.3) is 0 Å². The smallest absolute Gasteiger partial charge is 0.230 e. The minimum absolute atomic E-state index is 0.119. The van der Waals surface area contributed by atoms with E-state index in [2.05, 4.69) is 47.4 Å². The second kappa shape index (κ2) is 8.25. The van der Waals surface area contributed by atoms with Gasteiger partial charge < -0.3 is 4.90 Å². The Balaban J connectivity index is 1.21. The maximum absolute atomic E-state index is 14.3. The lowest BCUT2D eigenvalue weighted by molar-refractivity contribution is -0.122. The van der Waals surface area contributed by atoms with Gasteiger partial charge in [-0.3, -0.25) is 9.69 Å². The van der Waals surface area contributed by atoms with Gasteiger partial charge in [-0.15, -0.1) is 0 Å². The molecule has 1 spiro atoms. The summed E-state index contributed by atoms with van der Waals surface area (Å²) in [4.78, 5) is 17.9. The first kappa shape index (κ1) is 20.9. The third kappa shape index (κ3) is 3.74. The number of halogens is 1. The van der Waals surface area contributed by atoms with Gasteiger partial charge in [0.15, 0.2) is 0 Å². The number of hydrogen-bond donors (Lipinski definition) is 0. The molecule has 4 heteroatoms. The first-order chi connectivity index (χ1) is 16.1. The SMILES string of the molecule is O=C(C1CCCC1)N1CC2(CCN(Cc3ccc4ccccc4c3)CC2)c2cc(F)ccc21. The number of anilines is 1. The van der Waals surface area contributed by atoms with E-state index < -0.39 is 0 Å². The maximum atomic E-state index is 14.3. The summed E-state index contributed by atoms with van der Waals surface area (Å²) in [6.07, 6.45) is 6.22. The molecule has 1 aliphatic carbocycles. The van der Waals surface area contributed by atoms with E-state index in [0.717, 1.165) is 69.4 Å². The highest BCUT2D eigenvalue weighted by atomic mass is 19.1. The molecule has 2 heterocycles. The number of benzene rings is 3. The lowest BCUT2D eigenvalue weighted by Gasteiger charge is -2.40. The van der Waals surface area contributed by atoms with Crippen LogP contribution in [0.1, 0.15) is 49.7 Å². The maximum Gasteiger partial charge on any atom is 0.230 e. The molecule has 0 atom stereocenters. The van der Waals surface area contributed by atoms with Crippen LogP contribution in [-0.2, 0) is 16.8 Å². The molecule has 0 radical (unpaired) electrons. The van der Waals surface area contributed by atoms with E-state index in [1.807, 2.05) is 11.0 Å². The standard InChI is InChI=1S/C29H31FN2O/c30-25-11-12-27-26(18-25)29(20-32(27)28(33)23-6-2-3-7-23)13-15-31(16-14-29)19-21-9-10-22-5-1-4-8-24(22)17-21/h1,4-5,8-12,17-18,23H,2-3,6-7,13-16,19-20H2. The van der Waals surface area contributed by atoms with Gasteiger partial charge in [-0.1, -0.05) is 49.2 Å². The molecule has 0 unspecified atom stereocenters. The van der Waals surface area contributed by atoms with E-state index in [-0.39, 0.29) is 23.1 Å². The molecule has 33 heavy (non-hydrogen) atoms. The highest BCUT2D eigenvalue weighted by molar-refractivity contribution is 5.98. The first-order valence-electron chi connectivity index (χ1n) is 12.4. The Hall–Kier alpha value is -2.72. The van der Waals surface area contributed by atoms with E-state index in [9.17, 15) is 9.18 Å². The van der Waals surface area contributed by atoms with Crippen molar-refractivity contribution in [2.75, 3.05) is 24.5 Å². The van der Waals surface area contributed by atoms with Crippen LogP contribution in [0.5, 0.6) is 0 Å². The average molecular weight is 443 g/mol. The van der Waals surface area contributed by atoms with Gasteiger partial charge in [-0.25, -0.2) is 4.39 Å². The van der Waals surface area contributed by atoms with Crippen LogP contribution in [0.4, 0.5) is 10.1 Å². The van der Waals surface area contributed by atoms with Crippen LogP contribution in [0.15, 0.2) is 60.7 Å². The topological polar surface area (TPSA) is 23.6 Å². The number of amides is 1. The Morgan fingerprint density at radius 2 is 1.70 bits per heavy atom. The fourth-order valence-electron chi connectivity index (χ4n) is 6.39. The number of carbonyl (C=O) groups excluding carboxylic acids is 1. The molecule has 0 bridgehead atoms. The van der Waals surface area contributed by atoms with Gasteiger partial charge in [-0.2, -0.15) is 0 Å². The van der Waals surface area contributed by atoms with Gasteiger partial charge in [0.1, 0.15) is 5.82 Å². The lowest BCUT2D eigenvalue weighted by Crippen LogP contribution is -2.46. The fraction of sp³-hybridized carbons (Fsp3) is 0.414. The summed E-state index contributed by atoms with van der Waals surface area (Å²) in [5.41, 5.74) is 3.22. The molecule has 1 saturated heterocycles. The first-order valence-corrected chi connectivity index (χ1v) is 12.4. The number of carbonyl (C=O) groups is 1. The molecule has 2 fully saturated rings. The number of piperidine rings is 1. The highest BCUT2D eigenvalue weighted by Gasteiger charge is 2.47. The zero-order chi connectivity index (χ0) is 22.4. The van der Waals surface area contributed by atoms with E-state index >= 15 is 0 Å². The van der Waals surface area contributed by atoms with Crippen LogP contribution < -0.4 is 4.90 Å². The third-order valence-electron chi connectivity index (χ3n) is 8.29. The molecule has 1 amide bonds. The summed E-state index contributed by atoms with van der Waals surface area (Å²) in [6, 6.07) is 20.3. The lowest BCUT2D eigenvalue weighted by atomic mass is 9.74. The van der Waals surface area contributed by atoms with Gasteiger partial charge in [0, 0.05) is 30.1 Å². The van der Waals surface area contributed by atoms with Crippen molar-refractivity contribution in [2.45, 2.75) is 50.5 Å². The molecule has 0 aromatic heterocycles. The Bertz CT molecular complexity index is 1190. The summed E-state index contributed by atoms with van der Waals surface area (Å²) in [5.74, 6) is 0.212. The molecule has 2 aliphatic heterocycles. The van der Waals surface area contributed by atoms with Gasteiger partial charge in [0.05, 0.1) is 0 Å². The van der Waals surface area contributed by atoms with Crippen LogP contribution >= 0.6 is 0 Å². The van der Waals surface area contributed by atoms with Crippen molar-refractivity contribution < 1.29 is 9.18 Å². The number of rotatable bonds is 3. The summed E-state index contributed by atoms with van der Waals surface area (Å²) >= 11 is 0. The van der Waals surface area contributed by atoms with Crippen molar-refractivity contribution in [3.63, 3.8) is 0 Å². The predicted molar refractivity (Wildman–Crippen MR) is 131 cm³/mol. The Kier molecular flexibility index (Phi) is 5.21. The zero-order valence-electron chi connectivity index (χ0n) is 19.1. The van der Waals surface area contributed by atoms with Gasteiger partial charge >= 0.3 is 0 Å². The summed E-state index contributed by atoms with van der Waals surface area (Å²) in [5, 5.41) is 2.56. The fourth-order valence-corrected chi connectivity index (χ4v) is 6.39. The molecule has 3 aromatic carbocycles. The van der Waals surface area contributed by atoms with E-state index in [1.54, 1.807) is 6.07 Å². The Labute approximate surface area is 195 Å². The molecule has 3 aliphatic rings. The van der Waals surface area contributed by atoms with Crippen molar-refractivity contribution >= 4 is 22.4 Å². The quantitative estimate of drug-likeness (QED) is 0.493. The van der Waals surface area contributed by atoms with Crippen LogP contribution in [0.3, 0.4) is 0 Å². The Morgan fingerprint density at radius 1 is 0.939 bits per heavy atom. The predicted octanol–water partition coefficient (Wildman–Crippen LogP) is 6.05. The molecule has 3 aromatic rings. The number of likely N-dealkylation sites (tertiary alicyclic amines) is 1. The van der Waals surface area contributed by atoms with E-state index in [0.29, 0.717) is 6.54 Å². The number of nitrogens with zero attached hydrogens (tertiary/aromatic N) is 2. The van der Waals surface area contributed by atoms with Crippen LogP contribution in [0.2, 0.25) is 0 Å². The average Bonchev–Trinajstić information content (AvgIpc) is 3.48. The summed E-state index contributed by atoms with van der Waals surface area (Å²) < 4.78 is 14.3. The van der Waals surface area contributed by atoms with E-state index in [4.69, 9.17) is 0 Å². The van der Waals surface area contributed by atoms with Crippen molar-refractivity contribution in [1.29, 1.82) is 0 Å². The second-order valence-electron chi connectivity index (χ2n) is 10.3. The van der Waals surface area contributed by atoms with Crippen molar-refractivity contribution in [3.8, 4) is 0 Å². The van der Waals surface area contributed by atoms with Crippen LogP contribution in [0, 0.1) is 11.7 Å². The third-order valence-corrected chi connectivity index (χ3v) is 8.29. The van der Waals surface area contributed by atoms with Crippen molar-refractivity contribution in [2.24, 2.45) is 5.92 Å². The van der Waals surface area contributed by atoms with Crippen molar-refractivity contribution in [3.05, 3.63) is 77.6 Å². The second-order valence-corrected chi connectivity index (χ2v) is 10.3. The highest BCUT2D eigenvalue weighted by Crippen LogP contribution is 2.48. The molecule has 1 saturated carbocycles. The number of hydrogen-bond acceptors (Lipinski definition) is 2. The van der Waals surface area contributed by atoms with E-state index in [1.165, 1.54) is 22.4 Å². The normalized spacial score (nSPS) is 20.6. The monoisotopic (exact) mass is 442 g/mol. The van der Waals surface area contributed by atoms with Gasteiger partial charge in [0.2, 0.25) is 5.91 Å². The number of fused-ring (bicyclic) bond motifs is 3. The van der Waals surface area contributed by atoms with Crippen LogP contribution in [-0.4, -0.2) is 30.4 Å². The molecular formula is C29H31FN2O. The largest absolute Gasteiger partial charge is 0.311 e. The minimum Gasteiger partial charge on any atom is -0.311 e. The van der Waals surface area contributed by atoms with Gasteiger partial charge in [-0.05, 0) is 84.9 Å². The molecular weight excluding hydrogens is 411 g/mol. The summed E-state index contributed by atoms with van der Waals surface area (Å²) in [6.45, 7) is 3.58. The molecule has 0 N–H and O–H groups in total. The van der Waals surface area contributed by atoms with Crippen LogP contribution in [0.25, 0.3) is 10.8 Å². The zero-order valence-corrected chi connectivity index (χ0v) is 19.1. The molecule has 3 nitrogen and oxygen atoms in total. The van der Waals surface area contributed by atoms with Crippen molar-refractivity contribution in [1.82, 2.24) is 4.90 Å². The Morgan fingerprint density at radius 3 is 2.48 bits per heavy atom. The molecule has 170 valence electrons.